The lowest BCUT2D eigenvalue weighted by molar-refractivity contribution is 0.171. The highest BCUT2D eigenvalue weighted by Crippen LogP contribution is 2.47. The fraction of sp³-hybridized carbons (Fsp3) is 0.381. The topological polar surface area (TPSA) is 95.5 Å². The molecule has 0 unspecified atom stereocenters. The van der Waals surface area contributed by atoms with Crippen molar-refractivity contribution in [1.82, 2.24) is 23.3 Å². The Labute approximate surface area is 185 Å². The molecule has 10 heteroatoms. The van der Waals surface area contributed by atoms with Gasteiger partial charge < -0.3 is 10.2 Å². The summed E-state index contributed by atoms with van der Waals surface area (Å²) >= 11 is 1.00. The van der Waals surface area contributed by atoms with Crippen molar-refractivity contribution in [3.05, 3.63) is 54.1 Å². The third-order valence-electron chi connectivity index (χ3n) is 6.21. The van der Waals surface area contributed by atoms with E-state index in [1.807, 2.05) is 18.2 Å². The molecule has 1 aliphatic heterocycles. The van der Waals surface area contributed by atoms with Crippen molar-refractivity contribution < 1.29 is 13.2 Å². The predicted octanol–water partition coefficient (Wildman–Crippen LogP) is 2.44. The number of hydrogen-bond donors (Lipinski definition) is 1. The molecular weight excluding hydrogens is 434 g/mol. The van der Waals surface area contributed by atoms with Crippen molar-refractivity contribution in [3.8, 4) is 0 Å². The van der Waals surface area contributed by atoms with Crippen LogP contribution >= 0.6 is 11.7 Å². The van der Waals surface area contributed by atoms with Crippen molar-refractivity contribution in [1.29, 1.82) is 0 Å². The number of sulfonamides is 1. The van der Waals surface area contributed by atoms with Gasteiger partial charge in [0.1, 0.15) is 15.9 Å². The fourth-order valence-electron chi connectivity index (χ4n) is 4.13. The van der Waals surface area contributed by atoms with E-state index < -0.39 is 10.0 Å². The van der Waals surface area contributed by atoms with E-state index >= 15 is 0 Å². The highest BCUT2D eigenvalue weighted by Gasteiger charge is 2.44. The first-order valence-electron chi connectivity index (χ1n) is 10.3. The first-order valence-corrected chi connectivity index (χ1v) is 12.5. The zero-order valence-electron chi connectivity index (χ0n) is 16.9. The SMILES string of the molecule is O=C(NCC1(c2ccccc2)CC1)N1CCN(S(=O)(=O)c2cccc3nsnc23)CC1. The van der Waals surface area contributed by atoms with Crippen molar-refractivity contribution in [3.63, 3.8) is 0 Å². The third-order valence-corrected chi connectivity index (χ3v) is 8.68. The molecule has 0 spiro atoms. The predicted molar refractivity (Wildman–Crippen MR) is 118 cm³/mol. The Kier molecular flexibility index (Phi) is 5.15. The fourth-order valence-corrected chi connectivity index (χ4v) is 6.30. The van der Waals surface area contributed by atoms with E-state index in [9.17, 15) is 13.2 Å². The molecule has 2 fully saturated rings. The van der Waals surface area contributed by atoms with E-state index in [1.54, 1.807) is 23.1 Å². The number of carbonyl (C=O) groups excluding carboxylic acids is 1. The summed E-state index contributed by atoms with van der Waals surface area (Å²) in [5.41, 5.74) is 2.29. The minimum atomic E-state index is -3.69. The summed E-state index contributed by atoms with van der Waals surface area (Å²) in [6, 6.07) is 15.1. The van der Waals surface area contributed by atoms with E-state index in [0.29, 0.717) is 30.7 Å². The van der Waals surface area contributed by atoms with Crippen LogP contribution in [-0.2, 0) is 15.4 Å². The maximum Gasteiger partial charge on any atom is 0.317 e. The molecule has 1 saturated carbocycles. The molecule has 1 N–H and O–H groups in total. The van der Waals surface area contributed by atoms with Crippen LogP contribution in [0.15, 0.2) is 53.4 Å². The van der Waals surface area contributed by atoms with Crippen molar-refractivity contribution in [2.24, 2.45) is 0 Å². The molecule has 5 rings (SSSR count). The van der Waals surface area contributed by atoms with Gasteiger partial charge in [-0.25, -0.2) is 13.2 Å². The number of urea groups is 1. The molecule has 1 aliphatic carbocycles. The number of rotatable bonds is 5. The minimum absolute atomic E-state index is 0.0440. The van der Waals surface area contributed by atoms with Crippen LogP contribution in [0.3, 0.4) is 0 Å². The van der Waals surface area contributed by atoms with Crippen LogP contribution in [0.5, 0.6) is 0 Å². The van der Waals surface area contributed by atoms with E-state index in [1.165, 1.54) is 9.87 Å². The average Bonchev–Trinajstić information content (AvgIpc) is 3.45. The molecule has 2 aliphatic rings. The van der Waals surface area contributed by atoms with Crippen LogP contribution in [0.2, 0.25) is 0 Å². The summed E-state index contributed by atoms with van der Waals surface area (Å²) in [7, 11) is -3.69. The van der Waals surface area contributed by atoms with Gasteiger partial charge in [-0.3, -0.25) is 0 Å². The van der Waals surface area contributed by atoms with E-state index in [2.05, 4.69) is 26.2 Å². The molecule has 0 atom stereocenters. The van der Waals surface area contributed by atoms with Crippen LogP contribution in [-0.4, -0.2) is 65.1 Å². The van der Waals surface area contributed by atoms with Gasteiger partial charge in [-0.1, -0.05) is 36.4 Å². The summed E-state index contributed by atoms with van der Waals surface area (Å²) in [5, 5.41) is 3.06. The summed E-state index contributed by atoms with van der Waals surface area (Å²) in [5.74, 6) is 0. The monoisotopic (exact) mass is 457 g/mol. The van der Waals surface area contributed by atoms with Gasteiger partial charge in [-0.05, 0) is 30.5 Å². The number of amides is 2. The van der Waals surface area contributed by atoms with Gasteiger partial charge in [0.2, 0.25) is 10.0 Å². The summed E-state index contributed by atoms with van der Waals surface area (Å²) in [6.07, 6.45) is 2.14. The molecule has 2 amide bonds. The van der Waals surface area contributed by atoms with Crippen LogP contribution in [0, 0.1) is 0 Å². The van der Waals surface area contributed by atoms with Gasteiger partial charge in [0.15, 0.2) is 0 Å². The number of piperazine rings is 1. The molecule has 1 saturated heterocycles. The highest BCUT2D eigenvalue weighted by atomic mass is 32.2. The average molecular weight is 458 g/mol. The first-order chi connectivity index (χ1) is 15.0. The number of nitrogens with zero attached hydrogens (tertiary/aromatic N) is 4. The number of aromatic nitrogens is 2. The van der Waals surface area contributed by atoms with E-state index in [-0.39, 0.29) is 29.4 Å². The maximum atomic E-state index is 13.1. The van der Waals surface area contributed by atoms with E-state index in [0.717, 1.165) is 24.6 Å². The largest absolute Gasteiger partial charge is 0.337 e. The second-order valence-corrected chi connectivity index (χ2v) is 10.5. The minimum Gasteiger partial charge on any atom is -0.337 e. The van der Waals surface area contributed by atoms with Crippen molar-refractivity contribution in [2.45, 2.75) is 23.2 Å². The van der Waals surface area contributed by atoms with Gasteiger partial charge in [0, 0.05) is 38.1 Å². The van der Waals surface area contributed by atoms with E-state index in [4.69, 9.17) is 0 Å². The standard InChI is InChI=1S/C21H23N5O3S2/c27-20(22-15-21(9-10-21)16-5-2-1-3-6-16)25-11-13-26(14-12-25)31(28,29)18-8-4-7-17-19(18)24-30-23-17/h1-8H,9-15H2,(H,22,27). The lowest BCUT2D eigenvalue weighted by Gasteiger charge is -2.34. The lowest BCUT2D eigenvalue weighted by Crippen LogP contribution is -2.53. The van der Waals surface area contributed by atoms with Crippen LogP contribution in [0.4, 0.5) is 4.79 Å². The Bertz CT molecular complexity index is 1200. The smallest absolute Gasteiger partial charge is 0.317 e. The Hall–Kier alpha value is -2.56. The zero-order chi connectivity index (χ0) is 21.5. The number of benzene rings is 2. The van der Waals surface area contributed by atoms with Crippen LogP contribution in [0.1, 0.15) is 18.4 Å². The molecule has 2 heterocycles. The Morgan fingerprint density at radius 1 is 1.00 bits per heavy atom. The lowest BCUT2D eigenvalue weighted by atomic mass is 9.96. The second-order valence-electron chi connectivity index (χ2n) is 8.08. The maximum absolute atomic E-state index is 13.1. The molecule has 2 aromatic carbocycles. The third kappa shape index (κ3) is 3.79. The number of carbonyl (C=O) groups is 1. The van der Waals surface area contributed by atoms with Gasteiger partial charge in [0.05, 0.1) is 11.7 Å². The molecule has 3 aromatic rings. The van der Waals surface area contributed by atoms with Gasteiger partial charge in [-0.2, -0.15) is 13.1 Å². The summed E-state index contributed by atoms with van der Waals surface area (Å²) in [4.78, 5) is 14.6. The first kappa shape index (κ1) is 20.3. The number of nitrogens with one attached hydrogen (secondary N) is 1. The quantitative estimate of drug-likeness (QED) is 0.635. The number of hydrogen-bond acceptors (Lipinski definition) is 6. The second kappa shape index (κ2) is 7.85. The normalized spacial score (nSPS) is 18.8. The molecular formula is C21H23N5O3S2. The van der Waals surface area contributed by atoms with Crippen LogP contribution in [0.25, 0.3) is 11.0 Å². The Balaban J connectivity index is 1.20. The van der Waals surface area contributed by atoms with Gasteiger partial charge in [-0.15, -0.1) is 0 Å². The van der Waals surface area contributed by atoms with Gasteiger partial charge in [0.25, 0.3) is 0 Å². The Morgan fingerprint density at radius 3 is 2.45 bits per heavy atom. The highest BCUT2D eigenvalue weighted by molar-refractivity contribution is 7.89. The van der Waals surface area contributed by atoms with Gasteiger partial charge >= 0.3 is 6.03 Å². The van der Waals surface area contributed by atoms with Crippen LogP contribution < -0.4 is 5.32 Å². The Morgan fingerprint density at radius 2 is 1.74 bits per heavy atom. The summed E-state index contributed by atoms with van der Waals surface area (Å²) in [6.45, 7) is 1.83. The van der Waals surface area contributed by atoms with Crippen molar-refractivity contribution >= 4 is 38.8 Å². The molecule has 1 aromatic heterocycles. The molecule has 31 heavy (non-hydrogen) atoms. The van der Waals surface area contributed by atoms with Crippen molar-refractivity contribution in [2.75, 3.05) is 32.7 Å². The zero-order valence-corrected chi connectivity index (χ0v) is 18.5. The molecule has 162 valence electrons. The summed E-state index contributed by atoms with van der Waals surface area (Å²) < 4.78 is 36.0. The molecule has 0 bridgehead atoms. The number of fused-ring (bicyclic) bond motifs is 1. The molecule has 0 radical (unpaired) electrons. The molecule has 8 nitrogen and oxygen atoms in total.